The number of Topliss-reactive ketones (excluding diaryl/α,β-unsaturated/α-hetero) is 1. The lowest BCUT2D eigenvalue weighted by molar-refractivity contribution is -0.119. The van der Waals surface area contributed by atoms with Crippen LogP contribution >= 0.6 is 11.6 Å². The van der Waals surface area contributed by atoms with Gasteiger partial charge in [0.25, 0.3) is 5.89 Å². The van der Waals surface area contributed by atoms with Gasteiger partial charge in [0.15, 0.2) is 5.82 Å². The van der Waals surface area contributed by atoms with Crippen molar-refractivity contribution in [1.82, 2.24) is 15.1 Å². The lowest BCUT2D eigenvalue weighted by Gasteiger charge is -2.29. The number of benzene rings is 1. The number of piperidine rings is 1. The minimum absolute atomic E-state index is 0.274. The zero-order valence-corrected chi connectivity index (χ0v) is 15.5. The molecule has 1 saturated heterocycles. The summed E-state index contributed by atoms with van der Waals surface area (Å²) < 4.78 is 5.41. The van der Waals surface area contributed by atoms with Gasteiger partial charge >= 0.3 is 0 Å². The summed E-state index contributed by atoms with van der Waals surface area (Å²) in [5.74, 6) is 1.87. The van der Waals surface area contributed by atoms with E-state index in [1.807, 2.05) is 6.07 Å². The maximum atomic E-state index is 11.6. The summed E-state index contributed by atoms with van der Waals surface area (Å²) in [7, 11) is 0. The zero-order chi connectivity index (χ0) is 18.3. The highest BCUT2D eigenvalue weighted by atomic mass is 35.5. The number of hydrogen-bond acceptors (Lipinski definition) is 6. The summed E-state index contributed by atoms with van der Waals surface area (Å²) in [5, 5.41) is 5.33. The SMILES string of the molecule is CCc1ccc2nc(N3CCC(=O)CC3)c(-c3nc(C)no3)c(Cl)c2c1. The highest BCUT2D eigenvalue weighted by Crippen LogP contribution is 2.40. The van der Waals surface area contributed by atoms with Crippen molar-refractivity contribution in [3.8, 4) is 11.5 Å². The van der Waals surface area contributed by atoms with Crippen LogP contribution in [0.5, 0.6) is 0 Å². The van der Waals surface area contributed by atoms with E-state index in [-0.39, 0.29) is 5.78 Å². The molecule has 0 N–H and O–H groups in total. The molecule has 0 unspecified atom stereocenters. The van der Waals surface area contributed by atoms with Crippen LogP contribution in [0.1, 0.15) is 31.2 Å². The molecule has 3 heterocycles. The van der Waals surface area contributed by atoms with Crippen LogP contribution in [0.3, 0.4) is 0 Å². The lowest BCUT2D eigenvalue weighted by Crippen LogP contribution is -2.34. The van der Waals surface area contributed by atoms with Crippen LogP contribution in [0.2, 0.25) is 5.02 Å². The van der Waals surface area contributed by atoms with Crippen molar-refractivity contribution in [3.63, 3.8) is 0 Å². The van der Waals surface area contributed by atoms with Crippen LogP contribution in [0.4, 0.5) is 5.82 Å². The van der Waals surface area contributed by atoms with Crippen molar-refractivity contribution in [2.45, 2.75) is 33.1 Å². The Labute approximate surface area is 156 Å². The molecule has 6 nitrogen and oxygen atoms in total. The molecule has 134 valence electrons. The van der Waals surface area contributed by atoms with Crippen molar-refractivity contribution in [3.05, 3.63) is 34.6 Å². The third-order valence-corrected chi connectivity index (χ3v) is 5.13. The molecule has 0 saturated carbocycles. The van der Waals surface area contributed by atoms with Crippen LogP contribution in [-0.4, -0.2) is 34.0 Å². The first-order chi connectivity index (χ1) is 12.6. The van der Waals surface area contributed by atoms with E-state index in [2.05, 4.69) is 34.1 Å². The number of pyridine rings is 1. The summed E-state index contributed by atoms with van der Waals surface area (Å²) in [6.07, 6.45) is 1.93. The molecule has 1 aliphatic rings. The average molecular weight is 371 g/mol. The molecule has 0 amide bonds. The molecule has 2 aromatic heterocycles. The monoisotopic (exact) mass is 370 g/mol. The van der Waals surface area contributed by atoms with E-state index >= 15 is 0 Å². The van der Waals surface area contributed by atoms with Gasteiger partial charge in [-0.3, -0.25) is 4.79 Å². The Balaban J connectivity index is 1.94. The summed E-state index contributed by atoms with van der Waals surface area (Å²) >= 11 is 6.81. The molecule has 0 radical (unpaired) electrons. The van der Waals surface area contributed by atoms with Gasteiger partial charge in [-0.25, -0.2) is 4.98 Å². The van der Waals surface area contributed by atoms with E-state index in [9.17, 15) is 4.79 Å². The Kier molecular flexibility index (Phi) is 4.36. The van der Waals surface area contributed by atoms with Gasteiger partial charge in [0.2, 0.25) is 0 Å². The Morgan fingerprint density at radius 1 is 1.23 bits per heavy atom. The number of anilines is 1. The van der Waals surface area contributed by atoms with Crippen LogP contribution in [0.15, 0.2) is 22.7 Å². The van der Waals surface area contributed by atoms with Gasteiger partial charge in [-0.1, -0.05) is 29.7 Å². The fourth-order valence-electron chi connectivity index (χ4n) is 3.26. The van der Waals surface area contributed by atoms with Crippen molar-refractivity contribution >= 4 is 34.1 Å². The van der Waals surface area contributed by atoms with Gasteiger partial charge in [0, 0.05) is 31.3 Å². The Bertz CT molecular complexity index is 989. The number of aryl methyl sites for hydroxylation is 2. The molecule has 1 fully saturated rings. The van der Waals surface area contributed by atoms with Crippen LogP contribution in [0, 0.1) is 6.92 Å². The highest BCUT2D eigenvalue weighted by Gasteiger charge is 2.26. The van der Waals surface area contributed by atoms with Gasteiger partial charge < -0.3 is 9.42 Å². The standard InChI is InChI=1S/C19H19ClN4O2/c1-3-12-4-5-15-14(10-12)17(20)16(19-21-11(2)23-26-19)18(22-15)24-8-6-13(25)7-9-24/h4-5,10H,3,6-9H2,1-2H3. The third-order valence-electron chi connectivity index (χ3n) is 4.74. The van der Waals surface area contributed by atoms with Crippen molar-refractivity contribution in [1.29, 1.82) is 0 Å². The maximum Gasteiger partial charge on any atom is 0.263 e. The van der Waals surface area contributed by atoms with E-state index in [0.717, 1.165) is 17.3 Å². The van der Waals surface area contributed by atoms with Crippen molar-refractivity contribution in [2.24, 2.45) is 0 Å². The summed E-state index contributed by atoms with van der Waals surface area (Å²) in [4.78, 5) is 22.9. The number of carbonyl (C=O) groups is 1. The molecular formula is C19H19ClN4O2. The third kappa shape index (κ3) is 2.94. The number of rotatable bonds is 3. The predicted molar refractivity (Wildman–Crippen MR) is 101 cm³/mol. The molecule has 3 aromatic rings. The summed E-state index contributed by atoms with van der Waals surface area (Å²) in [6.45, 7) is 5.09. The smallest absolute Gasteiger partial charge is 0.263 e. The number of nitrogens with zero attached hydrogens (tertiary/aromatic N) is 4. The average Bonchev–Trinajstić information content (AvgIpc) is 3.08. The largest absolute Gasteiger partial charge is 0.355 e. The van der Waals surface area contributed by atoms with E-state index in [1.54, 1.807) is 6.92 Å². The van der Waals surface area contributed by atoms with Crippen LogP contribution in [0.25, 0.3) is 22.4 Å². The second kappa shape index (κ2) is 6.68. The molecule has 0 bridgehead atoms. The number of fused-ring (bicyclic) bond motifs is 1. The van der Waals surface area contributed by atoms with E-state index in [1.165, 1.54) is 5.56 Å². The highest BCUT2D eigenvalue weighted by molar-refractivity contribution is 6.38. The summed E-state index contributed by atoms with van der Waals surface area (Å²) in [6, 6.07) is 6.11. The van der Waals surface area contributed by atoms with Crippen LogP contribution in [-0.2, 0) is 11.2 Å². The van der Waals surface area contributed by atoms with Gasteiger partial charge in [-0.15, -0.1) is 0 Å². The first-order valence-electron chi connectivity index (χ1n) is 8.76. The molecule has 7 heteroatoms. The summed E-state index contributed by atoms with van der Waals surface area (Å²) in [5.41, 5.74) is 2.65. The molecule has 26 heavy (non-hydrogen) atoms. The fraction of sp³-hybridized carbons (Fsp3) is 0.368. The van der Waals surface area contributed by atoms with Crippen molar-refractivity contribution in [2.75, 3.05) is 18.0 Å². The van der Waals surface area contributed by atoms with Gasteiger partial charge in [0.05, 0.1) is 10.5 Å². The Hall–Kier alpha value is -2.47. The van der Waals surface area contributed by atoms with E-state index < -0.39 is 0 Å². The molecule has 1 aromatic carbocycles. The number of ketones is 1. The van der Waals surface area contributed by atoms with Gasteiger partial charge in [-0.2, -0.15) is 4.98 Å². The van der Waals surface area contributed by atoms with Crippen molar-refractivity contribution < 1.29 is 9.32 Å². The minimum atomic E-state index is 0.274. The second-order valence-electron chi connectivity index (χ2n) is 6.50. The first-order valence-corrected chi connectivity index (χ1v) is 9.14. The molecule has 1 aliphatic heterocycles. The second-order valence-corrected chi connectivity index (χ2v) is 6.88. The van der Waals surface area contributed by atoms with E-state index in [4.69, 9.17) is 21.1 Å². The topological polar surface area (TPSA) is 72.1 Å². The van der Waals surface area contributed by atoms with Gasteiger partial charge in [0.1, 0.15) is 17.2 Å². The predicted octanol–water partition coefficient (Wildman–Crippen LogP) is 3.98. The lowest BCUT2D eigenvalue weighted by atomic mass is 10.0. The Morgan fingerprint density at radius 2 is 2.00 bits per heavy atom. The molecule has 0 spiro atoms. The zero-order valence-electron chi connectivity index (χ0n) is 14.8. The van der Waals surface area contributed by atoms with Crippen LogP contribution < -0.4 is 4.90 Å². The quantitative estimate of drug-likeness (QED) is 0.694. The first kappa shape index (κ1) is 17.0. The minimum Gasteiger partial charge on any atom is -0.355 e. The fourth-order valence-corrected chi connectivity index (χ4v) is 3.58. The molecule has 0 atom stereocenters. The number of carbonyl (C=O) groups excluding carboxylic acids is 1. The number of halogens is 1. The normalized spacial score (nSPS) is 15.0. The molecule has 0 aliphatic carbocycles. The Morgan fingerprint density at radius 3 is 2.65 bits per heavy atom. The number of hydrogen-bond donors (Lipinski definition) is 0. The maximum absolute atomic E-state index is 11.6. The number of aromatic nitrogens is 3. The van der Waals surface area contributed by atoms with Gasteiger partial charge in [-0.05, 0) is 31.0 Å². The van der Waals surface area contributed by atoms with E-state index in [0.29, 0.717) is 54.1 Å². The molecule has 4 rings (SSSR count). The molecular weight excluding hydrogens is 352 g/mol.